The van der Waals surface area contributed by atoms with Gasteiger partial charge in [-0.1, -0.05) is 12.1 Å². The monoisotopic (exact) mass is 434 g/mol. The van der Waals surface area contributed by atoms with Crippen molar-refractivity contribution < 1.29 is 9.59 Å². The number of carbonyl (C=O) groups excluding carboxylic acids is 2. The first-order chi connectivity index (χ1) is 15.2. The van der Waals surface area contributed by atoms with Crippen molar-refractivity contribution in [2.24, 2.45) is 0 Å². The van der Waals surface area contributed by atoms with Gasteiger partial charge in [0.1, 0.15) is 5.01 Å². The number of anilines is 2. The van der Waals surface area contributed by atoms with Crippen molar-refractivity contribution in [2.75, 3.05) is 29.9 Å². The van der Waals surface area contributed by atoms with E-state index in [2.05, 4.69) is 28.4 Å². The number of benzene rings is 2. The van der Waals surface area contributed by atoms with Gasteiger partial charge in [0.25, 0.3) is 0 Å². The molecule has 0 bridgehead atoms. The topological polar surface area (TPSA) is 65.5 Å². The molecule has 2 aliphatic heterocycles. The second-order valence-electron chi connectivity index (χ2n) is 8.21. The summed E-state index contributed by atoms with van der Waals surface area (Å²) in [6.45, 7) is 2.51. The van der Waals surface area contributed by atoms with Crippen LogP contribution in [0.3, 0.4) is 0 Å². The minimum Gasteiger partial charge on any atom is -0.326 e. The molecular formula is C24H26N4O2S. The lowest BCUT2D eigenvalue weighted by atomic mass is 10.2. The lowest BCUT2D eigenvalue weighted by Gasteiger charge is -2.22. The number of rotatable bonds is 6. The summed E-state index contributed by atoms with van der Waals surface area (Å²) in [4.78, 5) is 33.4. The molecule has 2 aromatic carbocycles. The van der Waals surface area contributed by atoms with Crippen LogP contribution in [0, 0.1) is 0 Å². The fourth-order valence-electron chi connectivity index (χ4n) is 4.52. The van der Waals surface area contributed by atoms with Crippen LogP contribution in [0.2, 0.25) is 0 Å². The van der Waals surface area contributed by atoms with Crippen LogP contribution in [0.1, 0.15) is 43.2 Å². The number of amides is 2. The van der Waals surface area contributed by atoms with E-state index in [0.717, 1.165) is 60.8 Å². The average Bonchev–Trinajstić information content (AvgIpc) is 3.51. The van der Waals surface area contributed by atoms with Crippen molar-refractivity contribution >= 4 is 44.7 Å². The summed E-state index contributed by atoms with van der Waals surface area (Å²) < 4.78 is 1.22. The number of carbonyl (C=O) groups is 2. The molecule has 0 saturated carbocycles. The van der Waals surface area contributed by atoms with Crippen LogP contribution in [-0.2, 0) is 9.59 Å². The Balaban J connectivity index is 1.17. The molecule has 2 saturated heterocycles. The summed E-state index contributed by atoms with van der Waals surface area (Å²) in [5.41, 5.74) is 2.73. The Kier molecular flexibility index (Phi) is 5.70. The normalized spacial score (nSPS) is 19.4. The number of para-hydroxylation sites is 1. The van der Waals surface area contributed by atoms with E-state index in [-0.39, 0.29) is 11.8 Å². The SMILES string of the molecule is O=C(CCN1CCC[C@H]1c1nc2ccccc2s1)Nc1ccc(N2CCCC2=O)cc1. The van der Waals surface area contributed by atoms with Crippen LogP contribution in [0.25, 0.3) is 10.2 Å². The van der Waals surface area contributed by atoms with Crippen LogP contribution in [0.15, 0.2) is 48.5 Å². The van der Waals surface area contributed by atoms with Gasteiger partial charge in [0.2, 0.25) is 11.8 Å². The molecule has 0 unspecified atom stereocenters. The largest absolute Gasteiger partial charge is 0.326 e. The number of hydrogen-bond acceptors (Lipinski definition) is 5. The number of fused-ring (bicyclic) bond motifs is 1. The summed E-state index contributed by atoms with van der Waals surface area (Å²) in [6.07, 6.45) is 4.21. The van der Waals surface area contributed by atoms with Gasteiger partial charge in [-0.15, -0.1) is 11.3 Å². The zero-order chi connectivity index (χ0) is 21.2. The van der Waals surface area contributed by atoms with E-state index in [1.165, 1.54) is 4.70 Å². The van der Waals surface area contributed by atoms with Gasteiger partial charge in [-0.05, 0) is 62.2 Å². The van der Waals surface area contributed by atoms with Crippen molar-refractivity contribution in [1.29, 1.82) is 0 Å². The lowest BCUT2D eigenvalue weighted by molar-refractivity contribution is -0.117. The number of aromatic nitrogens is 1. The second-order valence-corrected chi connectivity index (χ2v) is 9.27. The first-order valence-corrected chi connectivity index (χ1v) is 11.8. The number of likely N-dealkylation sites (tertiary alicyclic amines) is 1. The molecule has 1 N–H and O–H groups in total. The molecule has 0 radical (unpaired) electrons. The Morgan fingerprint density at radius 3 is 2.71 bits per heavy atom. The Labute approximate surface area is 185 Å². The van der Waals surface area contributed by atoms with E-state index in [4.69, 9.17) is 4.98 Å². The van der Waals surface area contributed by atoms with Crippen LogP contribution < -0.4 is 10.2 Å². The van der Waals surface area contributed by atoms with Crippen LogP contribution in [0.4, 0.5) is 11.4 Å². The Morgan fingerprint density at radius 1 is 1.10 bits per heavy atom. The molecule has 2 aliphatic rings. The third-order valence-electron chi connectivity index (χ3n) is 6.12. The molecule has 3 aromatic rings. The van der Waals surface area contributed by atoms with Gasteiger partial charge < -0.3 is 10.2 Å². The number of nitrogens with zero attached hydrogens (tertiary/aromatic N) is 3. The fraction of sp³-hybridized carbons (Fsp3) is 0.375. The summed E-state index contributed by atoms with van der Waals surface area (Å²) in [7, 11) is 0. The molecule has 0 aliphatic carbocycles. The Morgan fingerprint density at radius 2 is 1.94 bits per heavy atom. The third-order valence-corrected chi connectivity index (χ3v) is 7.26. The van der Waals surface area contributed by atoms with Gasteiger partial charge in [0, 0.05) is 37.3 Å². The van der Waals surface area contributed by atoms with Crippen LogP contribution >= 0.6 is 11.3 Å². The summed E-state index contributed by atoms with van der Waals surface area (Å²) in [5, 5.41) is 4.15. The lowest BCUT2D eigenvalue weighted by Crippen LogP contribution is -2.27. The summed E-state index contributed by atoms with van der Waals surface area (Å²) >= 11 is 1.77. The van der Waals surface area contributed by atoms with Crippen molar-refractivity contribution in [3.05, 3.63) is 53.5 Å². The molecule has 5 rings (SSSR count). The summed E-state index contributed by atoms with van der Waals surface area (Å²) in [6, 6.07) is 16.1. The van der Waals surface area contributed by atoms with Crippen LogP contribution in [-0.4, -0.2) is 41.3 Å². The van der Waals surface area contributed by atoms with E-state index in [1.807, 2.05) is 30.3 Å². The van der Waals surface area contributed by atoms with Gasteiger partial charge in [-0.25, -0.2) is 4.98 Å². The van der Waals surface area contributed by atoms with E-state index < -0.39 is 0 Å². The highest BCUT2D eigenvalue weighted by molar-refractivity contribution is 7.18. The second kappa shape index (κ2) is 8.77. The van der Waals surface area contributed by atoms with Crippen LogP contribution in [0.5, 0.6) is 0 Å². The van der Waals surface area contributed by atoms with E-state index in [9.17, 15) is 9.59 Å². The fourth-order valence-corrected chi connectivity index (χ4v) is 5.66. The average molecular weight is 435 g/mol. The predicted molar refractivity (Wildman–Crippen MR) is 124 cm³/mol. The van der Waals surface area contributed by atoms with E-state index in [0.29, 0.717) is 18.9 Å². The standard InChI is InChI=1S/C24H26N4O2S/c29-22(25-17-9-11-18(12-10-17)28-15-4-8-23(28)30)13-16-27-14-3-6-20(27)24-26-19-5-1-2-7-21(19)31-24/h1-2,5,7,9-12,20H,3-4,6,8,13-16H2,(H,25,29)/t20-/m0/s1. The minimum absolute atomic E-state index is 0.0138. The van der Waals surface area contributed by atoms with Gasteiger partial charge in [-0.3, -0.25) is 14.5 Å². The highest BCUT2D eigenvalue weighted by Gasteiger charge is 2.28. The van der Waals surface area contributed by atoms with Crippen molar-refractivity contribution in [3.63, 3.8) is 0 Å². The van der Waals surface area contributed by atoms with E-state index in [1.54, 1.807) is 16.2 Å². The maximum atomic E-state index is 12.5. The quantitative estimate of drug-likeness (QED) is 0.616. The highest BCUT2D eigenvalue weighted by Crippen LogP contribution is 2.36. The van der Waals surface area contributed by atoms with Crippen molar-refractivity contribution in [2.45, 2.75) is 38.1 Å². The first-order valence-electron chi connectivity index (χ1n) is 11.0. The van der Waals surface area contributed by atoms with Gasteiger partial charge in [-0.2, -0.15) is 0 Å². The molecular weight excluding hydrogens is 408 g/mol. The zero-order valence-electron chi connectivity index (χ0n) is 17.4. The molecule has 3 heterocycles. The molecule has 6 nitrogen and oxygen atoms in total. The third kappa shape index (κ3) is 4.34. The number of nitrogens with one attached hydrogen (secondary N) is 1. The molecule has 31 heavy (non-hydrogen) atoms. The number of thiazole rings is 1. The van der Waals surface area contributed by atoms with Gasteiger partial charge >= 0.3 is 0 Å². The Hall–Kier alpha value is -2.77. The zero-order valence-corrected chi connectivity index (χ0v) is 18.2. The smallest absolute Gasteiger partial charge is 0.227 e. The maximum Gasteiger partial charge on any atom is 0.227 e. The van der Waals surface area contributed by atoms with Crippen molar-refractivity contribution in [1.82, 2.24) is 9.88 Å². The molecule has 1 atom stereocenters. The van der Waals surface area contributed by atoms with Crippen molar-refractivity contribution in [3.8, 4) is 0 Å². The highest BCUT2D eigenvalue weighted by atomic mass is 32.1. The molecule has 0 spiro atoms. The molecule has 1 aromatic heterocycles. The number of hydrogen-bond donors (Lipinski definition) is 1. The van der Waals surface area contributed by atoms with E-state index >= 15 is 0 Å². The molecule has 7 heteroatoms. The van der Waals surface area contributed by atoms with Gasteiger partial charge in [0.15, 0.2) is 0 Å². The molecule has 2 fully saturated rings. The maximum absolute atomic E-state index is 12.5. The first kappa shape index (κ1) is 20.2. The molecule has 2 amide bonds. The van der Waals surface area contributed by atoms with Gasteiger partial charge in [0.05, 0.1) is 16.3 Å². The minimum atomic E-state index is 0.0138. The molecule has 160 valence electrons. The summed E-state index contributed by atoms with van der Waals surface area (Å²) in [5.74, 6) is 0.185. The predicted octanol–water partition coefficient (Wildman–Crippen LogP) is 4.59. The Bertz CT molecular complexity index is 1060.